The van der Waals surface area contributed by atoms with Gasteiger partial charge in [-0.2, -0.15) is 0 Å². The molecule has 1 unspecified atom stereocenters. The highest BCUT2D eigenvalue weighted by atomic mass is 16.4. The zero-order valence-corrected chi connectivity index (χ0v) is 12.3. The molecular weight excluding hydrogens is 294 g/mol. The number of aromatic amines is 1. The quantitative estimate of drug-likeness (QED) is 0.639. The molecule has 0 fully saturated rings. The van der Waals surface area contributed by atoms with E-state index in [4.69, 9.17) is 10.8 Å². The molecule has 0 radical (unpaired) electrons. The summed E-state index contributed by atoms with van der Waals surface area (Å²) in [6, 6.07) is 10.0. The molecule has 0 aliphatic carbocycles. The molecule has 3 aromatic rings. The van der Waals surface area contributed by atoms with Crippen molar-refractivity contribution < 1.29 is 14.7 Å². The van der Waals surface area contributed by atoms with E-state index in [9.17, 15) is 9.59 Å². The average Bonchev–Trinajstić information content (AvgIpc) is 2.99. The first kappa shape index (κ1) is 16.4. The second-order valence-electron chi connectivity index (χ2n) is 4.91. The number of hydrogen-bond donors (Lipinski definition) is 3. The third-order valence-electron chi connectivity index (χ3n) is 3.25. The predicted molar refractivity (Wildman–Crippen MR) is 87.2 cm³/mol. The monoisotopic (exact) mass is 311 g/mol. The van der Waals surface area contributed by atoms with Crippen molar-refractivity contribution >= 4 is 23.2 Å². The highest BCUT2D eigenvalue weighted by Gasteiger charge is 2.14. The topological polar surface area (TPSA) is 109 Å². The van der Waals surface area contributed by atoms with Gasteiger partial charge in [-0.05, 0) is 23.8 Å². The van der Waals surface area contributed by atoms with Gasteiger partial charge in [-0.25, -0.2) is 0 Å². The molecule has 0 aliphatic rings. The number of hydrogen-bond acceptors (Lipinski definition) is 4. The Bertz CT molecular complexity index is 757. The van der Waals surface area contributed by atoms with Crippen LogP contribution in [0.5, 0.6) is 0 Å². The molecule has 2 aromatic heterocycles. The van der Waals surface area contributed by atoms with Gasteiger partial charge in [0.25, 0.3) is 0 Å². The molecule has 1 aromatic carbocycles. The lowest BCUT2D eigenvalue weighted by molar-refractivity contribution is -0.138. The van der Waals surface area contributed by atoms with E-state index in [0.29, 0.717) is 5.56 Å². The Kier molecular flexibility index (Phi) is 5.60. The number of aliphatic carboxylic acids is 1. The molecule has 0 saturated carbocycles. The number of nitrogens with one attached hydrogen (secondary N) is 1. The van der Waals surface area contributed by atoms with Crippen molar-refractivity contribution in [3.63, 3.8) is 0 Å². The van der Waals surface area contributed by atoms with Crippen molar-refractivity contribution in [2.75, 3.05) is 0 Å². The first-order valence-corrected chi connectivity index (χ1v) is 7.00. The third-order valence-corrected chi connectivity index (χ3v) is 3.25. The Morgan fingerprint density at radius 3 is 2.57 bits per heavy atom. The van der Waals surface area contributed by atoms with Crippen molar-refractivity contribution in [1.29, 1.82) is 0 Å². The largest absolute Gasteiger partial charge is 0.480 e. The molecule has 3 rings (SSSR count). The zero-order chi connectivity index (χ0) is 16.7. The summed E-state index contributed by atoms with van der Waals surface area (Å²) in [5, 5.41) is 9.65. The maximum atomic E-state index is 10.7. The summed E-state index contributed by atoms with van der Waals surface area (Å²) in [6.45, 7) is 0. The number of H-pyrrole nitrogens is 1. The van der Waals surface area contributed by atoms with Crippen LogP contribution in [0, 0.1) is 0 Å². The SMILES string of the molecule is NC(Cc1c[nH]c2cc(C=O)ccc12)C(=O)O.c1ccncc1. The average molecular weight is 311 g/mol. The highest BCUT2D eigenvalue weighted by molar-refractivity contribution is 5.89. The standard InChI is InChI=1S/C12H12N2O3.C5H5N/c13-10(12(16)17)4-8-5-14-11-3-7(6-15)1-2-9(8)11;1-2-4-6-5-3-1/h1-3,5-6,10,14H,4,13H2,(H,16,17);1-5H. The number of nitrogens with zero attached hydrogens (tertiary/aromatic N) is 1. The molecule has 118 valence electrons. The van der Waals surface area contributed by atoms with Gasteiger partial charge in [0, 0.05) is 41.5 Å². The van der Waals surface area contributed by atoms with E-state index < -0.39 is 12.0 Å². The normalized spacial score (nSPS) is 11.3. The minimum atomic E-state index is -1.02. The third kappa shape index (κ3) is 4.49. The van der Waals surface area contributed by atoms with Crippen molar-refractivity contribution in [1.82, 2.24) is 9.97 Å². The number of aromatic nitrogens is 2. The van der Waals surface area contributed by atoms with E-state index in [2.05, 4.69) is 9.97 Å². The van der Waals surface area contributed by atoms with E-state index in [1.165, 1.54) is 0 Å². The van der Waals surface area contributed by atoms with Gasteiger partial charge in [-0.3, -0.25) is 14.6 Å². The van der Waals surface area contributed by atoms with Crippen LogP contribution in [0.3, 0.4) is 0 Å². The van der Waals surface area contributed by atoms with Gasteiger partial charge >= 0.3 is 5.97 Å². The van der Waals surface area contributed by atoms with Gasteiger partial charge in [-0.1, -0.05) is 18.2 Å². The van der Waals surface area contributed by atoms with Crippen LogP contribution in [0.4, 0.5) is 0 Å². The Balaban J connectivity index is 0.000000268. The van der Waals surface area contributed by atoms with E-state index >= 15 is 0 Å². The number of benzene rings is 1. The smallest absolute Gasteiger partial charge is 0.320 e. The minimum Gasteiger partial charge on any atom is -0.480 e. The number of pyridine rings is 1. The maximum absolute atomic E-state index is 10.7. The zero-order valence-electron chi connectivity index (χ0n) is 12.3. The van der Waals surface area contributed by atoms with Crippen molar-refractivity contribution in [3.8, 4) is 0 Å². The molecule has 0 aliphatic heterocycles. The molecule has 0 amide bonds. The first-order valence-electron chi connectivity index (χ1n) is 7.00. The van der Waals surface area contributed by atoms with Crippen LogP contribution in [-0.4, -0.2) is 33.4 Å². The maximum Gasteiger partial charge on any atom is 0.320 e. The summed E-state index contributed by atoms with van der Waals surface area (Å²) in [6.07, 6.45) is 6.25. The predicted octanol–water partition coefficient (Wildman–Crippen LogP) is 2.02. The molecule has 6 heteroatoms. The van der Waals surface area contributed by atoms with E-state index in [-0.39, 0.29) is 6.42 Å². The Morgan fingerprint density at radius 2 is 2.04 bits per heavy atom. The Labute approximate surface area is 133 Å². The number of aldehydes is 1. The van der Waals surface area contributed by atoms with Gasteiger partial charge in [0.1, 0.15) is 12.3 Å². The Hall–Kier alpha value is -2.99. The number of carbonyl (C=O) groups is 2. The summed E-state index contributed by atoms with van der Waals surface area (Å²) in [7, 11) is 0. The first-order chi connectivity index (χ1) is 11.1. The number of nitrogens with two attached hydrogens (primary N) is 1. The Morgan fingerprint density at radius 1 is 1.30 bits per heavy atom. The van der Waals surface area contributed by atoms with Crippen LogP contribution in [0.2, 0.25) is 0 Å². The van der Waals surface area contributed by atoms with E-state index in [1.807, 2.05) is 18.2 Å². The van der Waals surface area contributed by atoms with Crippen molar-refractivity contribution in [2.24, 2.45) is 5.73 Å². The van der Waals surface area contributed by atoms with Crippen LogP contribution in [0.25, 0.3) is 10.9 Å². The van der Waals surface area contributed by atoms with Gasteiger partial charge in [0.05, 0.1) is 0 Å². The van der Waals surface area contributed by atoms with Crippen LogP contribution >= 0.6 is 0 Å². The molecule has 0 saturated heterocycles. The molecule has 23 heavy (non-hydrogen) atoms. The molecule has 4 N–H and O–H groups in total. The second kappa shape index (κ2) is 7.86. The summed E-state index contributed by atoms with van der Waals surface area (Å²) in [5.74, 6) is -1.02. The summed E-state index contributed by atoms with van der Waals surface area (Å²) in [5.41, 5.74) is 7.71. The molecule has 0 bridgehead atoms. The van der Waals surface area contributed by atoms with Gasteiger partial charge in [-0.15, -0.1) is 0 Å². The fraction of sp³-hybridized carbons (Fsp3) is 0.118. The number of carbonyl (C=O) groups excluding carboxylic acids is 1. The van der Waals surface area contributed by atoms with Crippen molar-refractivity contribution in [3.05, 3.63) is 66.1 Å². The van der Waals surface area contributed by atoms with Gasteiger partial charge < -0.3 is 15.8 Å². The number of fused-ring (bicyclic) bond motifs is 1. The van der Waals surface area contributed by atoms with E-state index in [1.54, 1.807) is 36.8 Å². The molecule has 0 spiro atoms. The lowest BCUT2D eigenvalue weighted by Gasteiger charge is -2.04. The van der Waals surface area contributed by atoms with Gasteiger partial charge in [0.15, 0.2) is 0 Å². The number of carboxylic acids is 1. The molecular formula is C17H17N3O3. The summed E-state index contributed by atoms with van der Waals surface area (Å²) in [4.78, 5) is 28.1. The van der Waals surface area contributed by atoms with Crippen LogP contribution in [0.1, 0.15) is 15.9 Å². The summed E-state index contributed by atoms with van der Waals surface area (Å²) >= 11 is 0. The fourth-order valence-electron chi connectivity index (χ4n) is 2.08. The van der Waals surface area contributed by atoms with E-state index in [0.717, 1.165) is 22.8 Å². The van der Waals surface area contributed by atoms with Gasteiger partial charge in [0.2, 0.25) is 0 Å². The molecule has 2 heterocycles. The summed E-state index contributed by atoms with van der Waals surface area (Å²) < 4.78 is 0. The number of rotatable bonds is 4. The second-order valence-corrected chi connectivity index (χ2v) is 4.91. The van der Waals surface area contributed by atoms with Crippen molar-refractivity contribution in [2.45, 2.75) is 12.5 Å². The van der Waals surface area contributed by atoms with Crippen LogP contribution in [0.15, 0.2) is 55.0 Å². The molecule has 6 nitrogen and oxygen atoms in total. The molecule has 1 atom stereocenters. The lowest BCUT2D eigenvalue weighted by atomic mass is 10.0. The lowest BCUT2D eigenvalue weighted by Crippen LogP contribution is -2.32. The van der Waals surface area contributed by atoms with Crippen LogP contribution < -0.4 is 5.73 Å². The minimum absolute atomic E-state index is 0.260. The highest BCUT2D eigenvalue weighted by Crippen LogP contribution is 2.20. The van der Waals surface area contributed by atoms with Crippen LogP contribution in [-0.2, 0) is 11.2 Å². The fourth-order valence-corrected chi connectivity index (χ4v) is 2.08. The number of carboxylic acid groups (broad SMARTS) is 1.